The highest BCUT2D eigenvalue weighted by Gasteiger charge is 2.49. The third kappa shape index (κ3) is 2.89. The monoisotopic (exact) mass is 253 g/mol. The van der Waals surface area contributed by atoms with Crippen molar-refractivity contribution >= 4 is 11.9 Å². The van der Waals surface area contributed by atoms with E-state index in [4.69, 9.17) is 5.11 Å². The van der Waals surface area contributed by atoms with Crippen molar-refractivity contribution in [3.63, 3.8) is 0 Å². The Morgan fingerprint density at radius 3 is 2.29 bits per heavy atom. The number of rotatable bonds is 1. The number of hydrogen-bond donors (Lipinski definition) is 1. The van der Waals surface area contributed by atoms with Crippen LogP contribution in [0.2, 0.25) is 0 Å². The molecule has 1 saturated heterocycles. The summed E-state index contributed by atoms with van der Waals surface area (Å²) < 4.78 is 37.1. The van der Waals surface area contributed by atoms with Gasteiger partial charge in [0.1, 0.15) is 0 Å². The van der Waals surface area contributed by atoms with Crippen molar-refractivity contribution in [2.75, 3.05) is 6.54 Å². The van der Waals surface area contributed by atoms with Crippen molar-refractivity contribution < 1.29 is 27.9 Å². The molecular formula is C10H14F3NO3. The van der Waals surface area contributed by atoms with Gasteiger partial charge in [-0.2, -0.15) is 13.2 Å². The van der Waals surface area contributed by atoms with Gasteiger partial charge in [0.05, 0.1) is 5.92 Å². The third-order valence-electron chi connectivity index (χ3n) is 3.08. The highest BCUT2D eigenvalue weighted by molar-refractivity contribution is 5.83. The molecule has 0 radical (unpaired) electrons. The van der Waals surface area contributed by atoms with E-state index in [9.17, 15) is 22.8 Å². The standard InChI is InChI=1S/C10H14F3NO3/c1-9(2)4-3-6(7(15)16)5-14(9)8(17)10(11,12)13/h6H,3-5H2,1-2H3,(H,15,16). The van der Waals surface area contributed by atoms with Crippen LogP contribution in [0, 0.1) is 5.92 Å². The average molecular weight is 253 g/mol. The molecular weight excluding hydrogens is 239 g/mol. The molecule has 1 aliphatic rings. The molecule has 1 aliphatic heterocycles. The van der Waals surface area contributed by atoms with E-state index >= 15 is 0 Å². The Morgan fingerprint density at radius 2 is 1.88 bits per heavy atom. The normalized spacial score (nSPS) is 24.5. The van der Waals surface area contributed by atoms with Crippen LogP contribution in [0.15, 0.2) is 0 Å². The summed E-state index contributed by atoms with van der Waals surface area (Å²) in [5.74, 6) is -4.05. The number of amides is 1. The molecule has 4 nitrogen and oxygen atoms in total. The Labute approximate surface area is 96.4 Å². The van der Waals surface area contributed by atoms with Gasteiger partial charge in [0.25, 0.3) is 0 Å². The van der Waals surface area contributed by atoms with E-state index in [0.29, 0.717) is 4.90 Å². The highest BCUT2D eigenvalue weighted by Crippen LogP contribution is 2.34. The number of alkyl halides is 3. The SMILES string of the molecule is CC1(C)CCC(C(=O)O)CN1C(=O)C(F)(F)F. The lowest BCUT2D eigenvalue weighted by Crippen LogP contribution is -2.57. The van der Waals surface area contributed by atoms with Gasteiger partial charge in [-0.25, -0.2) is 0 Å². The molecule has 7 heteroatoms. The number of carbonyl (C=O) groups excluding carboxylic acids is 1. The van der Waals surface area contributed by atoms with Crippen molar-refractivity contribution in [2.45, 2.75) is 38.4 Å². The van der Waals surface area contributed by atoms with Crippen molar-refractivity contribution in [2.24, 2.45) is 5.92 Å². The quantitative estimate of drug-likeness (QED) is 0.773. The van der Waals surface area contributed by atoms with E-state index in [0.717, 1.165) is 0 Å². The van der Waals surface area contributed by atoms with Crippen LogP contribution in [0.25, 0.3) is 0 Å². The molecule has 1 atom stereocenters. The fraction of sp³-hybridized carbons (Fsp3) is 0.800. The van der Waals surface area contributed by atoms with Gasteiger partial charge < -0.3 is 10.0 Å². The molecule has 0 bridgehead atoms. The summed E-state index contributed by atoms with van der Waals surface area (Å²) in [5.41, 5.74) is -0.960. The third-order valence-corrected chi connectivity index (χ3v) is 3.08. The number of carbonyl (C=O) groups is 2. The molecule has 0 aliphatic carbocycles. The first-order chi connectivity index (χ1) is 7.55. The lowest BCUT2D eigenvalue weighted by molar-refractivity contribution is -0.194. The van der Waals surface area contributed by atoms with Crippen LogP contribution in [-0.2, 0) is 9.59 Å². The van der Waals surface area contributed by atoms with Crippen molar-refractivity contribution in [1.29, 1.82) is 0 Å². The fourth-order valence-corrected chi connectivity index (χ4v) is 1.93. The van der Waals surface area contributed by atoms with Gasteiger partial charge in [-0.15, -0.1) is 0 Å². The first-order valence-corrected chi connectivity index (χ1v) is 5.17. The predicted octanol–water partition coefficient (Wildman–Crippen LogP) is 1.65. The topological polar surface area (TPSA) is 57.6 Å². The van der Waals surface area contributed by atoms with Crippen molar-refractivity contribution in [1.82, 2.24) is 4.90 Å². The van der Waals surface area contributed by atoms with E-state index in [-0.39, 0.29) is 19.4 Å². The summed E-state index contributed by atoms with van der Waals surface area (Å²) in [6, 6.07) is 0. The second-order valence-electron chi connectivity index (χ2n) is 4.80. The van der Waals surface area contributed by atoms with Crippen LogP contribution >= 0.6 is 0 Å². The Bertz CT molecular complexity index is 338. The van der Waals surface area contributed by atoms with E-state index in [1.165, 1.54) is 13.8 Å². The summed E-state index contributed by atoms with van der Waals surface area (Å²) in [6.07, 6.45) is -4.44. The molecule has 1 N–H and O–H groups in total. The van der Waals surface area contributed by atoms with Gasteiger partial charge in [0, 0.05) is 12.1 Å². The lowest BCUT2D eigenvalue weighted by atomic mass is 9.84. The van der Waals surface area contributed by atoms with Crippen LogP contribution in [0.1, 0.15) is 26.7 Å². The molecule has 0 aromatic rings. The van der Waals surface area contributed by atoms with Crippen molar-refractivity contribution in [3.8, 4) is 0 Å². The average Bonchev–Trinajstić information content (AvgIpc) is 2.14. The molecule has 1 fully saturated rings. The number of aliphatic carboxylic acids is 1. The van der Waals surface area contributed by atoms with Gasteiger partial charge in [-0.3, -0.25) is 9.59 Å². The van der Waals surface area contributed by atoms with E-state index in [1.54, 1.807) is 0 Å². The first kappa shape index (κ1) is 13.8. The summed E-state index contributed by atoms with van der Waals surface area (Å²) in [6.45, 7) is 2.63. The maximum absolute atomic E-state index is 12.4. The molecule has 98 valence electrons. The number of hydrogen-bond acceptors (Lipinski definition) is 2. The molecule has 1 rings (SSSR count). The second-order valence-corrected chi connectivity index (χ2v) is 4.80. The van der Waals surface area contributed by atoms with Crippen LogP contribution in [0.3, 0.4) is 0 Å². The van der Waals surface area contributed by atoms with Gasteiger partial charge >= 0.3 is 18.1 Å². The zero-order chi connectivity index (χ0) is 13.4. The molecule has 17 heavy (non-hydrogen) atoms. The molecule has 1 unspecified atom stereocenters. The van der Waals surface area contributed by atoms with Gasteiger partial charge in [-0.05, 0) is 26.7 Å². The number of nitrogens with zero attached hydrogens (tertiary/aromatic N) is 1. The van der Waals surface area contributed by atoms with Crippen LogP contribution in [0.4, 0.5) is 13.2 Å². The fourth-order valence-electron chi connectivity index (χ4n) is 1.93. The minimum Gasteiger partial charge on any atom is -0.481 e. The zero-order valence-electron chi connectivity index (χ0n) is 9.54. The minimum atomic E-state index is -4.96. The summed E-state index contributed by atoms with van der Waals surface area (Å²) in [5, 5.41) is 8.79. The molecule has 0 aromatic heterocycles. The van der Waals surface area contributed by atoms with E-state index < -0.39 is 29.5 Å². The Kier molecular flexibility index (Phi) is 3.40. The number of carboxylic acid groups (broad SMARTS) is 1. The highest BCUT2D eigenvalue weighted by atomic mass is 19.4. The van der Waals surface area contributed by atoms with Crippen molar-refractivity contribution in [3.05, 3.63) is 0 Å². The van der Waals surface area contributed by atoms with E-state index in [2.05, 4.69) is 0 Å². The first-order valence-electron chi connectivity index (χ1n) is 5.17. The smallest absolute Gasteiger partial charge is 0.471 e. The number of halogens is 3. The van der Waals surface area contributed by atoms with Crippen LogP contribution < -0.4 is 0 Å². The van der Waals surface area contributed by atoms with Crippen LogP contribution in [-0.4, -0.2) is 40.1 Å². The minimum absolute atomic E-state index is 0.242. The maximum atomic E-state index is 12.4. The Morgan fingerprint density at radius 1 is 1.35 bits per heavy atom. The molecule has 0 saturated carbocycles. The van der Waals surface area contributed by atoms with E-state index in [1.807, 2.05) is 0 Å². The molecule has 0 aromatic carbocycles. The Balaban J connectivity index is 2.92. The van der Waals surface area contributed by atoms with Gasteiger partial charge in [0.15, 0.2) is 0 Å². The largest absolute Gasteiger partial charge is 0.481 e. The second kappa shape index (κ2) is 4.19. The summed E-state index contributed by atoms with van der Waals surface area (Å²) >= 11 is 0. The summed E-state index contributed by atoms with van der Waals surface area (Å²) in [4.78, 5) is 22.6. The maximum Gasteiger partial charge on any atom is 0.471 e. The number of carboxylic acids is 1. The van der Waals surface area contributed by atoms with Gasteiger partial charge in [-0.1, -0.05) is 0 Å². The summed E-state index contributed by atoms with van der Waals surface area (Å²) in [7, 11) is 0. The number of likely N-dealkylation sites (tertiary alicyclic amines) is 1. The van der Waals surface area contributed by atoms with Gasteiger partial charge in [0.2, 0.25) is 0 Å². The predicted molar refractivity (Wildman–Crippen MR) is 52.2 cm³/mol. The lowest BCUT2D eigenvalue weighted by Gasteiger charge is -2.44. The molecule has 1 heterocycles. The molecule has 0 spiro atoms. The number of piperidine rings is 1. The van der Waals surface area contributed by atoms with Crippen LogP contribution in [0.5, 0.6) is 0 Å². The zero-order valence-corrected chi connectivity index (χ0v) is 9.54. The Hall–Kier alpha value is -1.27. The molecule has 1 amide bonds.